The van der Waals surface area contributed by atoms with Crippen molar-refractivity contribution in [3.8, 4) is 17.7 Å². The number of nitrogens with two attached hydrogens (primary N) is 1. The molecule has 2 heterocycles. The van der Waals surface area contributed by atoms with Crippen LogP contribution in [0.3, 0.4) is 0 Å². The summed E-state index contributed by atoms with van der Waals surface area (Å²) in [6.45, 7) is 6.32. The number of hydrogen-bond acceptors (Lipinski definition) is 5. The number of benzene rings is 2. The minimum Gasteiger partial charge on any atom is -0.487 e. The van der Waals surface area contributed by atoms with E-state index >= 15 is 0 Å². The van der Waals surface area contributed by atoms with Crippen LogP contribution in [0.1, 0.15) is 39.4 Å². The molecule has 6 nitrogen and oxygen atoms in total. The molecule has 3 N–H and O–H groups in total. The third kappa shape index (κ3) is 3.38. The second-order valence-corrected chi connectivity index (χ2v) is 7.75. The van der Waals surface area contributed by atoms with Gasteiger partial charge in [-0.3, -0.25) is 5.10 Å². The smallest absolute Gasteiger partial charge is 0.244 e. The molecule has 7 heteroatoms. The van der Waals surface area contributed by atoms with E-state index in [2.05, 4.69) is 28.4 Å². The second kappa shape index (κ2) is 7.77. The van der Waals surface area contributed by atoms with Crippen molar-refractivity contribution < 1.29 is 9.47 Å². The molecule has 0 amide bonds. The van der Waals surface area contributed by atoms with Gasteiger partial charge in [0.05, 0.1) is 10.9 Å². The predicted molar refractivity (Wildman–Crippen MR) is 114 cm³/mol. The predicted octanol–water partition coefficient (Wildman–Crippen LogP) is 4.79. The largest absolute Gasteiger partial charge is 0.487 e. The number of hydrogen-bond donors (Lipinski definition) is 2. The molecule has 0 saturated heterocycles. The van der Waals surface area contributed by atoms with Gasteiger partial charge in [0.15, 0.2) is 0 Å². The van der Waals surface area contributed by atoms with Crippen molar-refractivity contribution in [1.82, 2.24) is 10.2 Å². The Balaban J connectivity index is 1.78. The summed E-state index contributed by atoms with van der Waals surface area (Å²) in [4.78, 5) is 0. The first kappa shape index (κ1) is 19.9. The summed E-state index contributed by atoms with van der Waals surface area (Å²) >= 11 is 6.22. The van der Waals surface area contributed by atoms with Crippen LogP contribution in [0.5, 0.6) is 11.6 Å². The lowest BCUT2D eigenvalue weighted by atomic mass is 9.81. The number of allylic oxidation sites excluding steroid dienone is 1. The van der Waals surface area contributed by atoms with Gasteiger partial charge in [0.1, 0.15) is 24.0 Å². The molecule has 4 rings (SSSR count). The van der Waals surface area contributed by atoms with Gasteiger partial charge >= 0.3 is 0 Å². The van der Waals surface area contributed by atoms with E-state index in [1.54, 1.807) is 6.07 Å². The van der Waals surface area contributed by atoms with Crippen LogP contribution in [0.25, 0.3) is 0 Å². The maximum absolute atomic E-state index is 9.81. The highest BCUT2D eigenvalue weighted by Gasteiger charge is 2.35. The Kier molecular flexibility index (Phi) is 5.15. The number of aromatic nitrogens is 2. The van der Waals surface area contributed by atoms with E-state index in [0.29, 0.717) is 28.8 Å². The standard InChI is InChI=1S/C23H21ClN4O2/c1-12-8-13(2)16(9-15(12)11-29-19-7-5-4-6-18(19)24)21-17(10-25)22(26)30-23-20(21)14(3)27-28-23/h4-9,21H,11,26H2,1-3H3,(H,27,28)/t21-/m1/s1. The van der Waals surface area contributed by atoms with Crippen molar-refractivity contribution in [3.05, 3.63) is 86.4 Å². The Morgan fingerprint density at radius 3 is 2.73 bits per heavy atom. The molecule has 2 aromatic carbocycles. The molecule has 0 spiro atoms. The van der Waals surface area contributed by atoms with Crippen molar-refractivity contribution >= 4 is 11.6 Å². The van der Waals surface area contributed by atoms with Crippen molar-refractivity contribution in [2.75, 3.05) is 0 Å². The molecule has 152 valence electrons. The van der Waals surface area contributed by atoms with Gasteiger partial charge in [-0.2, -0.15) is 5.26 Å². The van der Waals surface area contributed by atoms with E-state index in [0.717, 1.165) is 33.5 Å². The topological polar surface area (TPSA) is 97.0 Å². The van der Waals surface area contributed by atoms with Crippen LogP contribution in [-0.2, 0) is 6.61 Å². The Bertz CT molecular complexity index is 1210. The number of fused-ring (bicyclic) bond motifs is 1. The number of H-pyrrole nitrogens is 1. The zero-order valence-corrected chi connectivity index (χ0v) is 17.7. The molecular weight excluding hydrogens is 400 g/mol. The second-order valence-electron chi connectivity index (χ2n) is 7.35. The molecule has 3 aromatic rings. The summed E-state index contributed by atoms with van der Waals surface area (Å²) in [5.74, 6) is 0.747. The maximum Gasteiger partial charge on any atom is 0.244 e. The summed E-state index contributed by atoms with van der Waals surface area (Å²) in [6, 6.07) is 13.8. The number of nitrogens with one attached hydrogen (secondary N) is 1. The first-order valence-electron chi connectivity index (χ1n) is 9.50. The summed E-state index contributed by atoms with van der Waals surface area (Å²) < 4.78 is 11.5. The van der Waals surface area contributed by atoms with Gasteiger partial charge in [-0.25, -0.2) is 0 Å². The van der Waals surface area contributed by atoms with E-state index in [1.807, 2.05) is 39.0 Å². The highest BCUT2D eigenvalue weighted by atomic mass is 35.5. The zero-order chi connectivity index (χ0) is 21.4. The normalized spacial score (nSPS) is 15.4. The first-order valence-corrected chi connectivity index (χ1v) is 9.88. The molecule has 1 aromatic heterocycles. The monoisotopic (exact) mass is 420 g/mol. The number of rotatable bonds is 4. The molecule has 0 aliphatic carbocycles. The lowest BCUT2D eigenvalue weighted by molar-refractivity contribution is 0.305. The average molecular weight is 421 g/mol. The van der Waals surface area contributed by atoms with Crippen LogP contribution in [0.15, 0.2) is 47.9 Å². The third-order valence-corrected chi connectivity index (χ3v) is 5.70. The molecule has 1 aliphatic rings. The zero-order valence-electron chi connectivity index (χ0n) is 16.9. The Morgan fingerprint density at radius 1 is 1.23 bits per heavy atom. The van der Waals surface area contributed by atoms with Crippen LogP contribution in [-0.4, -0.2) is 10.2 Å². The number of aryl methyl sites for hydroxylation is 3. The fraction of sp³-hybridized carbons (Fsp3) is 0.217. The molecular formula is C23H21ClN4O2. The third-order valence-electron chi connectivity index (χ3n) is 5.38. The van der Waals surface area contributed by atoms with Crippen molar-refractivity contribution in [3.63, 3.8) is 0 Å². The number of nitriles is 1. The molecule has 0 radical (unpaired) electrons. The minimum atomic E-state index is -0.364. The minimum absolute atomic E-state index is 0.0790. The molecule has 0 fully saturated rings. The SMILES string of the molecule is Cc1cc(C)c([C@@H]2C(C#N)=C(N)Oc3n[nH]c(C)c32)cc1COc1ccccc1Cl. The van der Waals surface area contributed by atoms with Gasteiger partial charge in [-0.05, 0) is 55.2 Å². The molecule has 0 saturated carbocycles. The number of nitrogens with zero attached hydrogens (tertiary/aromatic N) is 2. The quantitative estimate of drug-likeness (QED) is 0.632. The Labute approximate surface area is 179 Å². The van der Waals surface area contributed by atoms with E-state index in [9.17, 15) is 5.26 Å². The van der Waals surface area contributed by atoms with Gasteiger partial charge in [-0.15, -0.1) is 5.10 Å². The molecule has 30 heavy (non-hydrogen) atoms. The average Bonchev–Trinajstić information content (AvgIpc) is 3.08. The fourth-order valence-corrected chi connectivity index (χ4v) is 4.00. The molecule has 0 unspecified atom stereocenters. The van der Waals surface area contributed by atoms with E-state index < -0.39 is 0 Å². The lowest BCUT2D eigenvalue weighted by Crippen LogP contribution is -2.21. The maximum atomic E-state index is 9.81. The Hall–Kier alpha value is -3.43. The van der Waals surface area contributed by atoms with E-state index in [4.69, 9.17) is 26.8 Å². The van der Waals surface area contributed by atoms with Gasteiger partial charge in [-0.1, -0.05) is 35.9 Å². The lowest BCUT2D eigenvalue weighted by Gasteiger charge is -2.26. The number of para-hydroxylation sites is 1. The van der Waals surface area contributed by atoms with E-state index in [-0.39, 0.29) is 11.8 Å². The van der Waals surface area contributed by atoms with E-state index in [1.165, 1.54) is 0 Å². The first-order chi connectivity index (χ1) is 14.4. The highest BCUT2D eigenvalue weighted by Crippen LogP contribution is 2.44. The van der Waals surface area contributed by atoms with Gasteiger partial charge in [0.2, 0.25) is 11.8 Å². The van der Waals surface area contributed by atoms with Gasteiger partial charge in [0, 0.05) is 11.3 Å². The summed E-state index contributed by atoms with van der Waals surface area (Å²) in [5, 5.41) is 17.5. The van der Waals surface area contributed by atoms with Crippen LogP contribution < -0.4 is 15.2 Å². The van der Waals surface area contributed by atoms with Crippen LogP contribution in [0.2, 0.25) is 5.02 Å². The van der Waals surface area contributed by atoms with Gasteiger partial charge in [0.25, 0.3) is 0 Å². The summed E-state index contributed by atoms with van der Waals surface area (Å²) in [7, 11) is 0. The van der Waals surface area contributed by atoms with Crippen molar-refractivity contribution in [2.45, 2.75) is 33.3 Å². The Morgan fingerprint density at radius 2 is 2.00 bits per heavy atom. The van der Waals surface area contributed by atoms with Crippen LogP contribution >= 0.6 is 11.6 Å². The molecule has 0 bridgehead atoms. The summed E-state index contributed by atoms with van der Waals surface area (Å²) in [6.07, 6.45) is 0. The van der Waals surface area contributed by atoms with Crippen LogP contribution in [0.4, 0.5) is 0 Å². The molecule has 1 aliphatic heterocycles. The van der Waals surface area contributed by atoms with Gasteiger partial charge < -0.3 is 15.2 Å². The number of aromatic amines is 1. The van der Waals surface area contributed by atoms with Crippen molar-refractivity contribution in [2.24, 2.45) is 5.73 Å². The van der Waals surface area contributed by atoms with Crippen LogP contribution in [0, 0.1) is 32.1 Å². The van der Waals surface area contributed by atoms with Crippen molar-refractivity contribution in [1.29, 1.82) is 5.26 Å². The summed E-state index contributed by atoms with van der Waals surface area (Å²) in [5.41, 5.74) is 12.2. The number of ether oxygens (including phenoxy) is 2. The highest BCUT2D eigenvalue weighted by molar-refractivity contribution is 6.32. The molecule has 1 atom stereocenters. The fourth-order valence-electron chi connectivity index (χ4n) is 3.81. The number of halogens is 1.